The van der Waals surface area contributed by atoms with Crippen LogP contribution in [0.15, 0.2) is 376 Å². The van der Waals surface area contributed by atoms with Gasteiger partial charge in [-0.2, -0.15) is 0 Å². The summed E-state index contributed by atoms with van der Waals surface area (Å²) in [6.45, 7) is 15.9. The first-order valence-corrected chi connectivity index (χ1v) is 52.3. The Morgan fingerprint density at radius 1 is 0.236 bits per heavy atom. The summed E-state index contributed by atoms with van der Waals surface area (Å²) >= 11 is 0. The number of benzene rings is 20. The number of fused-ring (bicyclic) bond motifs is 9. The Balaban J connectivity index is 0.000000121. The largest absolute Gasteiger partial charge is 0.508 e. The van der Waals surface area contributed by atoms with Gasteiger partial charge in [-0.25, -0.2) is 0 Å². The zero-order valence-corrected chi connectivity index (χ0v) is 85.4. The standard InChI is InChI=1S/C28H29NO2.C28H23NO2.C28H35NO2.C26H27NO2.C23H21NO2/c2*30-27-16-14-20-8-4-6-12-23(20)25(27)18-29(22-10-2-1-3-11-22)19-26-24-13-7-5-9-21(24)15-17-28(26)31;1-28(2,3)22-14-16-26(30)21(17-22)18-29(23-10-5-4-6-11-23)19-25-24-12-8-7-9-20(24)13-15-27(25)31;1-2-3-16-27(17-23-21-10-6-4-8-19(21)12-14-25(23)28)18-24-22-11-7-5-9-20(22)13-15-26(24)29;1-24(14-20-18-8-4-2-6-16(18)10-12-22(20)25)15-21-19-9-5-3-7-17(19)11-13-23(21)26/h4-9,12-17,22,30-31H,1-3,10-11,18-19H2;1-17,30-31H,18-19H2;7-9,12-17,23,30-31H,4-6,10-11,18-19H2,1-3H3;4-15,28-29H,2-3,16-18H2,1H3;2-13,25-26H,14-15H2,1H3. The van der Waals surface area contributed by atoms with Crippen LogP contribution in [0.2, 0.25) is 0 Å². The number of hydrogen-bond donors (Lipinski definition) is 10. The van der Waals surface area contributed by atoms with E-state index in [1.807, 2.05) is 244 Å². The Morgan fingerprint density at radius 3 is 0.730 bits per heavy atom. The molecule has 0 heterocycles. The number of hydrogen-bond acceptors (Lipinski definition) is 15. The average Bonchev–Trinajstić information content (AvgIpc) is 0.791. The van der Waals surface area contributed by atoms with Gasteiger partial charge in [-0.05, 0) is 226 Å². The van der Waals surface area contributed by atoms with Crippen molar-refractivity contribution in [3.63, 3.8) is 0 Å². The summed E-state index contributed by atoms with van der Waals surface area (Å²) in [6.07, 6.45) is 14.4. The summed E-state index contributed by atoms with van der Waals surface area (Å²) in [5, 5.41) is 126. The van der Waals surface area contributed by atoms with Gasteiger partial charge in [-0.15, -0.1) is 0 Å². The molecule has 0 radical (unpaired) electrons. The maximum absolute atomic E-state index is 10.8. The monoisotopic (exact) mass is 1960 g/mol. The van der Waals surface area contributed by atoms with Crippen molar-refractivity contribution in [3.8, 4) is 57.5 Å². The molecule has 0 saturated heterocycles. The Morgan fingerprint density at radius 2 is 0.466 bits per heavy atom. The second-order valence-corrected chi connectivity index (χ2v) is 41.0. The Hall–Kier alpha value is -15.6. The van der Waals surface area contributed by atoms with E-state index >= 15 is 0 Å². The third-order valence-corrected chi connectivity index (χ3v) is 30.0. The van der Waals surface area contributed by atoms with Crippen LogP contribution in [0.25, 0.3) is 97.0 Å². The van der Waals surface area contributed by atoms with E-state index in [4.69, 9.17) is 0 Å². The minimum atomic E-state index is 0.0337. The summed E-state index contributed by atoms with van der Waals surface area (Å²) in [4.78, 5) is 11.6. The summed E-state index contributed by atoms with van der Waals surface area (Å²) in [5.74, 6) is 3.23. The van der Waals surface area contributed by atoms with E-state index in [0.717, 1.165) is 191 Å². The van der Waals surface area contributed by atoms with Gasteiger partial charge in [-0.1, -0.05) is 376 Å². The number of aromatic hydroxyl groups is 10. The number of phenolic OH excluding ortho intramolecular Hbond substituents is 10. The van der Waals surface area contributed by atoms with Crippen LogP contribution in [-0.2, 0) is 70.9 Å². The van der Waals surface area contributed by atoms with Crippen LogP contribution in [-0.4, -0.2) is 96.3 Å². The van der Waals surface area contributed by atoms with E-state index in [0.29, 0.717) is 124 Å². The predicted molar refractivity (Wildman–Crippen MR) is 610 cm³/mol. The van der Waals surface area contributed by atoms with Crippen LogP contribution in [0, 0.1) is 0 Å². The Labute approximate surface area is 868 Å². The molecular weight excluding hydrogens is 1830 g/mol. The molecule has 0 unspecified atom stereocenters. The molecule has 2 aliphatic carbocycles. The van der Waals surface area contributed by atoms with Gasteiger partial charge >= 0.3 is 0 Å². The molecule has 0 spiro atoms. The van der Waals surface area contributed by atoms with Gasteiger partial charge < -0.3 is 56.0 Å². The number of phenols is 10. The van der Waals surface area contributed by atoms with Crippen molar-refractivity contribution in [2.24, 2.45) is 0 Å². The molecule has 2 aliphatic rings. The molecular formula is C133H135N5O10. The van der Waals surface area contributed by atoms with Gasteiger partial charge in [0.2, 0.25) is 0 Å². The molecule has 20 aromatic rings. The maximum atomic E-state index is 10.8. The fraction of sp³-hybridized carbons (Fsp3) is 0.233. The fourth-order valence-corrected chi connectivity index (χ4v) is 21.8. The zero-order chi connectivity index (χ0) is 103. The molecule has 0 bridgehead atoms. The van der Waals surface area contributed by atoms with Crippen molar-refractivity contribution >= 4 is 103 Å². The van der Waals surface area contributed by atoms with Gasteiger partial charge in [0.25, 0.3) is 0 Å². The molecule has 148 heavy (non-hydrogen) atoms. The second-order valence-electron chi connectivity index (χ2n) is 41.0. The highest BCUT2D eigenvalue weighted by atomic mass is 16.3. The van der Waals surface area contributed by atoms with Crippen molar-refractivity contribution in [1.29, 1.82) is 0 Å². The summed E-state index contributed by atoms with van der Waals surface area (Å²) in [6, 6.07) is 124. The summed E-state index contributed by atoms with van der Waals surface area (Å²) in [5.41, 5.74) is 11.7. The molecule has 0 aliphatic heterocycles. The molecule has 752 valence electrons. The van der Waals surface area contributed by atoms with Crippen molar-refractivity contribution in [1.82, 2.24) is 19.6 Å². The van der Waals surface area contributed by atoms with E-state index in [9.17, 15) is 51.1 Å². The second kappa shape index (κ2) is 47.7. The third kappa shape index (κ3) is 24.4. The normalized spacial score (nSPS) is 13.0. The molecule has 0 atom stereocenters. The third-order valence-electron chi connectivity index (χ3n) is 30.0. The number of anilines is 1. The van der Waals surface area contributed by atoms with Crippen molar-refractivity contribution in [2.45, 2.75) is 188 Å². The van der Waals surface area contributed by atoms with E-state index in [-0.39, 0.29) is 16.9 Å². The van der Waals surface area contributed by atoms with Crippen LogP contribution < -0.4 is 4.90 Å². The van der Waals surface area contributed by atoms with E-state index in [1.54, 1.807) is 36.4 Å². The molecule has 15 heteroatoms. The number of para-hydroxylation sites is 1. The van der Waals surface area contributed by atoms with Gasteiger partial charge in [0, 0.05) is 139 Å². The Bertz CT molecular complexity index is 7660. The van der Waals surface area contributed by atoms with Crippen LogP contribution in [0.5, 0.6) is 57.5 Å². The summed E-state index contributed by atoms with van der Waals surface area (Å²) < 4.78 is 0. The molecule has 2 saturated carbocycles. The topological polar surface area (TPSA) is 218 Å². The molecule has 22 rings (SSSR count). The SMILES string of the molecule is CC(C)(C)c1ccc(O)c(CN(Cc2c(O)ccc3ccccc23)C2CCCCC2)c1.CCCCN(Cc1c(O)ccc2ccccc12)Cc1c(O)ccc2ccccc12.CN(Cc1c(O)ccc2ccccc12)Cc1c(O)ccc2ccccc12.Oc1ccc2ccccc2c1CN(Cc1c(O)ccc2ccccc12)C1CCCCC1.Oc1ccc2ccccc2c1CN(Cc1c(O)ccc2ccccc12)c1ccccc1. The van der Waals surface area contributed by atoms with Gasteiger partial charge in [0.1, 0.15) is 57.5 Å². The van der Waals surface area contributed by atoms with E-state index in [1.165, 1.54) is 56.9 Å². The minimum Gasteiger partial charge on any atom is -0.508 e. The lowest BCUT2D eigenvalue weighted by Crippen LogP contribution is -2.36. The molecule has 0 amide bonds. The highest BCUT2D eigenvalue weighted by molar-refractivity contribution is 5.95. The van der Waals surface area contributed by atoms with Crippen LogP contribution in [0.3, 0.4) is 0 Å². The highest BCUT2D eigenvalue weighted by Gasteiger charge is 2.30. The van der Waals surface area contributed by atoms with Crippen LogP contribution >= 0.6 is 0 Å². The molecule has 2 fully saturated rings. The van der Waals surface area contributed by atoms with Gasteiger partial charge in [0.05, 0.1) is 0 Å². The fourth-order valence-electron chi connectivity index (χ4n) is 21.8. The lowest BCUT2D eigenvalue weighted by Gasteiger charge is -2.35. The summed E-state index contributed by atoms with van der Waals surface area (Å²) in [7, 11) is 2.00. The Kier molecular flexibility index (Phi) is 33.0. The van der Waals surface area contributed by atoms with Crippen LogP contribution in [0.4, 0.5) is 5.69 Å². The van der Waals surface area contributed by atoms with Gasteiger partial charge in [0.15, 0.2) is 0 Å². The number of rotatable bonds is 26. The first kappa shape index (κ1) is 102. The first-order chi connectivity index (χ1) is 72.0. The first-order valence-electron chi connectivity index (χ1n) is 52.3. The number of unbranched alkanes of at least 4 members (excludes halogenated alkanes) is 1. The molecule has 0 aromatic heterocycles. The lowest BCUT2D eigenvalue weighted by atomic mass is 9.86. The van der Waals surface area contributed by atoms with Crippen molar-refractivity contribution in [3.05, 3.63) is 437 Å². The lowest BCUT2D eigenvalue weighted by molar-refractivity contribution is 0.138. The van der Waals surface area contributed by atoms with Gasteiger partial charge in [-0.3, -0.25) is 19.6 Å². The predicted octanol–water partition coefficient (Wildman–Crippen LogP) is 31.5. The molecule has 15 nitrogen and oxygen atoms in total. The van der Waals surface area contributed by atoms with E-state index in [2.05, 4.69) is 155 Å². The smallest absolute Gasteiger partial charge is 0.121 e. The number of nitrogens with zero attached hydrogens (tertiary/aromatic N) is 5. The minimum absolute atomic E-state index is 0.0337. The highest BCUT2D eigenvalue weighted by Crippen LogP contribution is 2.43. The van der Waals surface area contributed by atoms with Crippen molar-refractivity contribution < 1.29 is 51.1 Å². The molecule has 20 aromatic carbocycles. The van der Waals surface area contributed by atoms with Crippen LogP contribution in [0.1, 0.15) is 166 Å². The van der Waals surface area contributed by atoms with Crippen molar-refractivity contribution in [2.75, 3.05) is 18.5 Å². The quantitative estimate of drug-likeness (QED) is 0.0244. The zero-order valence-electron chi connectivity index (χ0n) is 85.4. The maximum Gasteiger partial charge on any atom is 0.121 e. The molecule has 10 N–H and O–H groups in total. The van der Waals surface area contributed by atoms with E-state index < -0.39 is 0 Å². The average molecular weight is 1960 g/mol.